The number of nitrogens with two attached hydrogens (primary N) is 1. The molecule has 2 rings (SSSR count). The first kappa shape index (κ1) is 13.6. The van der Waals surface area contributed by atoms with Crippen molar-refractivity contribution >= 4 is 0 Å². The summed E-state index contributed by atoms with van der Waals surface area (Å²) in [6.45, 7) is 2.21. The van der Waals surface area contributed by atoms with Crippen molar-refractivity contribution in [1.82, 2.24) is 0 Å². The van der Waals surface area contributed by atoms with Crippen LogP contribution in [0, 0.1) is 0 Å². The van der Waals surface area contributed by atoms with Crippen molar-refractivity contribution in [3.63, 3.8) is 0 Å². The van der Waals surface area contributed by atoms with Gasteiger partial charge in [0, 0.05) is 6.04 Å². The van der Waals surface area contributed by atoms with E-state index in [-0.39, 0.29) is 0 Å². The van der Waals surface area contributed by atoms with E-state index in [1.807, 2.05) is 0 Å². The second-order valence-corrected chi connectivity index (χ2v) is 5.75. The Bertz CT molecular complexity index is 370. The fourth-order valence-electron chi connectivity index (χ4n) is 3.03. The van der Waals surface area contributed by atoms with E-state index in [0.29, 0.717) is 6.04 Å². The number of hydrogen-bond acceptors (Lipinski definition) is 1. The molecule has 0 heterocycles. The molecule has 0 aliphatic heterocycles. The highest BCUT2D eigenvalue weighted by atomic mass is 14.6. The first-order valence-electron chi connectivity index (χ1n) is 7.66. The average molecular weight is 245 g/mol. The van der Waals surface area contributed by atoms with Crippen LogP contribution in [0.4, 0.5) is 0 Å². The van der Waals surface area contributed by atoms with Crippen molar-refractivity contribution in [2.45, 2.75) is 70.8 Å². The molecule has 0 radical (unpaired) electrons. The fourth-order valence-corrected chi connectivity index (χ4v) is 3.03. The molecule has 0 saturated carbocycles. The van der Waals surface area contributed by atoms with Crippen molar-refractivity contribution in [3.05, 3.63) is 34.9 Å². The monoisotopic (exact) mass is 245 g/mol. The summed E-state index contributed by atoms with van der Waals surface area (Å²) < 4.78 is 0. The normalized spacial score (nSPS) is 16.3. The third-order valence-electron chi connectivity index (χ3n) is 4.11. The summed E-state index contributed by atoms with van der Waals surface area (Å²) in [4.78, 5) is 0. The Morgan fingerprint density at radius 3 is 2.67 bits per heavy atom. The lowest BCUT2D eigenvalue weighted by atomic mass is 9.89. The van der Waals surface area contributed by atoms with Gasteiger partial charge in [-0.05, 0) is 68.1 Å². The molecule has 1 unspecified atom stereocenters. The molecule has 100 valence electrons. The Balaban J connectivity index is 1.82. The van der Waals surface area contributed by atoms with E-state index in [2.05, 4.69) is 25.1 Å². The van der Waals surface area contributed by atoms with Gasteiger partial charge in [-0.2, -0.15) is 0 Å². The van der Waals surface area contributed by atoms with E-state index < -0.39 is 0 Å². The molecule has 2 N–H and O–H groups in total. The van der Waals surface area contributed by atoms with Crippen LogP contribution in [0.1, 0.15) is 62.1 Å². The van der Waals surface area contributed by atoms with Gasteiger partial charge in [-0.25, -0.2) is 0 Å². The minimum atomic E-state index is 0.410. The largest absolute Gasteiger partial charge is 0.328 e. The summed E-state index contributed by atoms with van der Waals surface area (Å²) in [5.74, 6) is 0. The van der Waals surface area contributed by atoms with E-state index >= 15 is 0 Å². The van der Waals surface area contributed by atoms with Crippen LogP contribution < -0.4 is 5.73 Å². The lowest BCUT2D eigenvalue weighted by molar-refractivity contribution is 0.539. The van der Waals surface area contributed by atoms with Crippen molar-refractivity contribution in [2.24, 2.45) is 5.73 Å². The number of fused-ring (bicyclic) bond motifs is 1. The van der Waals surface area contributed by atoms with Gasteiger partial charge in [-0.15, -0.1) is 0 Å². The Hall–Kier alpha value is -0.820. The molecular formula is C17H27N. The van der Waals surface area contributed by atoms with Crippen LogP contribution in [0.3, 0.4) is 0 Å². The fraction of sp³-hybridized carbons (Fsp3) is 0.647. The summed E-state index contributed by atoms with van der Waals surface area (Å²) >= 11 is 0. The molecule has 0 fully saturated rings. The molecule has 0 bridgehead atoms. The molecule has 1 aromatic rings. The highest BCUT2D eigenvalue weighted by Crippen LogP contribution is 2.23. The Morgan fingerprint density at radius 1 is 1.11 bits per heavy atom. The molecule has 1 aromatic carbocycles. The standard InChI is InChI=1S/C17H27N/c1-2-6-17(18)10-5-7-14-11-12-15-8-3-4-9-16(15)13-14/h11-13,17H,2-10,18H2,1H3. The highest BCUT2D eigenvalue weighted by molar-refractivity contribution is 5.33. The van der Waals surface area contributed by atoms with E-state index in [0.717, 1.165) is 0 Å². The van der Waals surface area contributed by atoms with Crippen molar-refractivity contribution in [3.8, 4) is 0 Å². The molecule has 0 spiro atoms. The van der Waals surface area contributed by atoms with Gasteiger partial charge in [-0.1, -0.05) is 31.5 Å². The third kappa shape index (κ3) is 3.84. The molecule has 1 heteroatoms. The number of hydrogen-bond donors (Lipinski definition) is 1. The summed E-state index contributed by atoms with van der Waals surface area (Å²) in [7, 11) is 0. The van der Waals surface area contributed by atoms with Crippen LogP contribution in [0.15, 0.2) is 18.2 Å². The van der Waals surface area contributed by atoms with Gasteiger partial charge < -0.3 is 5.73 Å². The molecule has 0 saturated heterocycles. The first-order valence-corrected chi connectivity index (χ1v) is 7.66. The van der Waals surface area contributed by atoms with Crippen molar-refractivity contribution in [2.75, 3.05) is 0 Å². The number of aryl methyl sites for hydroxylation is 3. The maximum atomic E-state index is 6.06. The predicted molar refractivity (Wildman–Crippen MR) is 78.9 cm³/mol. The minimum absolute atomic E-state index is 0.410. The number of rotatable bonds is 6. The molecule has 18 heavy (non-hydrogen) atoms. The van der Waals surface area contributed by atoms with Crippen LogP contribution in [-0.4, -0.2) is 6.04 Å². The molecule has 0 amide bonds. The summed E-state index contributed by atoms with van der Waals surface area (Å²) in [6.07, 6.45) is 11.3. The summed E-state index contributed by atoms with van der Waals surface area (Å²) in [5, 5.41) is 0. The molecule has 1 aliphatic rings. The average Bonchev–Trinajstić information content (AvgIpc) is 2.39. The smallest absolute Gasteiger partial charge is 0.00388 e. The zero-order valence-electron chi connectivity index (χ0n) is 11.8. The number of benzene rings is 1. The molecular weight excluding hydrogens is 218 g/mol. The quantitative estimate of drug-likeness (QED) is 0.805. The molecule has 1 nitrogen and oxygen atoms in total. The van der Waals surface area contributed by atoms with Gasteiger partial charge in [0.25, 0.3) is 0 Å². The van der Waals surface area contributed by atoms with E-state index in [9.17, 15) is 0 Å². The van der Waals surface area contributed by atoms with Gasteiger partial charge in [0.15, 0.2) is 0 Å². The van der Waals surface area contributed by atoms with Gasteiger partial charge in [0.2, 0.25) is 0 Å². The lowest BCUT2D eigenvalue weighted by Crippen LogP contribution is -2.19. The SMILES string of the molecule is CCCC(N)CCCc1ccc2c(c1)CCCC2. The van der Waals surface area contributed by atoms with Crippen molar-refractivity contribution in [1.29, 1.82) is 0 Å². The van der Waals surface area contributed by atoms with Crippen LogP contribution in [0.5, 0.6) is 0 Å². The Kier molecular flexibility index (Phi) is 5.25. The third-order valence-corrected chi connectivity index (χ3v) is 4.11. The van der Waals surface area contributed by atoms with Gasteiger partial charge in [-0.3, -0.25) is 0 Å². The molecule has 0 aromatic heterocycles. The maximum absolute atomic E-state index is 6.06. The summed E-state index contributed by atoms with van der Waals surface area (Å²) in [6, 6.07) is 7.54. The van der Waals surface area contributed by atoms with Gasteiger partial charge >= 0.3 is 0 Å². The second-order valence-electron chi connectivity index (χ2n) is 5.75. The zero-order valence-corrected chi connectivity index (χ0v) is 11.8. The van der Waals surface area contributed by atoms with Crippen LogP contribution in [0.2, 0.25) is 0 Å². The predicted octanol–water partition coefficient (Wildman–Crippen LogP) is 4.02. The van der Waals surface area contributed by atoms with Crippen molar-refractivity contribution < 1.29 is 0 Å². The highest BCUT2D eigenvalue weighted by Gasteiger charge is 2.09. The maximum Gasteiger partial charge on any atom is 0.00388 e. The molecule has 1 aliphatic carbocycles. The zero-order chi connectivity index (χ0) is 12.8. The Labute approximate surface area is 112 Å². The first-order chi connectivity index (χ1) is 8.79. The summed E-state index contributed by atoms with van der Waals surface area (Å²) in [5.41, 5.74) is 10.8. The molecule has 1 atom stereocenters. The van der Waals surface area contributed by atoms with E-state index in [4.69, 9.17) is 5.73 Å². The van der Waals surface area contributed by atoms with E-state index in [1.54, 1.807) is 11.1 Å². The van der Waals surface area contributed by atoms with Gasteiger partial charge in [0.1, 0.15) is 0 Å². The van der Waals surface area contributed by atoms with Crippen LogP contribution in [-0.2, 0) is 19.3 Å². The minimum Gasteiger partial charge on any atom is -0.328 e. The lowest BCUT2D eigenvalue weighted by Gasteiger charge is -2.17. The Morgan fingerprint density at radius 2 is 1.89 bits per heavy atom. The van der Waals surface area contributed by atoms with Crippen LogP contribution in [0.25, 0.3) is 0 Å². The van der Waals surface area contributed by atoms with Crippen LogP contribution >= 0.6 is 0 Å². The second kappa shape index (κ2) is 6.94. The van der Waals surface area contributed by atoms with E-state index in [1.165, 1.54) is 63.4 Å². The topological polar surface area (TPSA) is 26.0 Å². The van der Waals surface area contributed by atoms with Gasteiger partial charge in [0.05, 0.1) is 0 Å².